The number of carbonyl (C=O) groups excluding carboxylic acids is 1. The predicted molar refractivity (Wildman–Crippen MR) is 69.5 cm³/mol. The summed E-state index contributed by atoms with van der Waals surface area (Å²) in [6.07, 6.45) is 2.06. The van der Waals surface area contributed by atoms with Gasteiger partial charge in [0.05, 0.1) is 10.6 Å². The van der Waals surface area contributed by atoms with E-state index in [9.17, 15) is 17.6 Å². The highest BCUT2D eigenvalue weighted by Gasteiger charge is 2.24. The Morgan fingerprint density at radius 3 is 2.58 bits per heavy atom. The zero-order valence-electron chi connectivity index (χ0n) is 9.62. The van der Waals surface area contributed by atoms with Crippen molar-refractivity contribution >= 4 is 37.2 Å². The summed E-state index contributed by atoms with van der Waals surface area (Å²) >= 11 is 5.59. The molecule has 0 heterocycles. The molecule has 1 fully saturated rings. The Hall–Kier alpha value is -0.850. The molecule has 0 radical (unpaired) electrons. The summed E-state index contributed by atoms with van der Waals surface area (Å²) in [5, 5.41) is 2.18. The summed E-state index contributed by atoms with van der Waals surface area (Å²) in [5.74, 6) is -1.14. The van der Waals surface area contributed by atoms with Crippen molar-refractivity contribution in [3.63, 3.8) is 0 Å². The normalized spacial score (nSPS) is 15.3. The lowest BCUT2D eigenvalue weighted by Gasteiger charge is -2.08. The van der Waals surface area contributed by atoms with E-state index in [0.717, 1.165) is 25.0 Å². The molecular formula is C11H10Cl2FNO3S. The van der Waals surface area contributed by atoms with Crippen molar-refractivity contribution in [2.45, 2.75) is 17.7 Å². The molecule has 4 nitrogen and oxygen atoms in total. The Bertz CT molecular complexity index is 629. The highest BCUT2D eigenvalue weighted by Crippen LogP contribution is 2.29. The van der Waals surface area contributed by atoms with Crippen molar-refractivity contribution in [3.05, 3.63) is 28.5 Å². The number of nitrogens with one attached hydrogen (secondary N) is 1. The topological polar surface area (TPSA) is 63.2 Å². The average Bonchev–Trinajstić information content (AvgIpc) is 3.07. The van der Waals surface area contributed by atoms with E-state index in [1.807, 2.05) is 0 Å². The van der Waals surface area contributed by atoms with E-state index in [1.165, 1.54) is 0 Å². The Balaban J connectivity index is 2.30. The second kappa shape index (κ2) is 5.26. The van der Waals surface area contributed by atoms with Gasteiger partial charge in [0.1, 0.15) is 10.7 Å². The van der Waals surface area contributed by atoms with E-state index in [1.54, 1.807) is 0 Å². The molecule has 0 unspecified atom stereocenters. The fraction of sp³-hybridized carbons (Fsp3) is 0.364. The largest absolute Gasteiger partial charge is 0.352 e. The molecule has 0 spiro atoms. The van der Waals surface area contributed by atoms with Crippen LogP contribution in [0.3, 0.4) is 0 Å². The summed E-state index contributed by atoms with van der Waals surface area (Å²) < 4.78 is 36.1. The third kappa shape index (κ3) is 3.58. The predicted octanol–water partition coefficient (Wildman–Crippen LogP) is 2.55. The first-order valence-corrected chi connectivity index (χ1v) is 8.19. The fourth-order valence-corrected chi connectivity index (χ4v) is 3.05. The molecule has 0 bridgehead atoms. The Morgan fingerprint density at radius 1 is 1.42 bits per heavy atom. The number of rotatable bonds is 4. The summed E-state index contributed by atoms with van der Waals surface area (Å²) in [7, 11) is 1.03. The van der Waals surface area contributed by atoms with Crippen molar-refractivity contribution in [1.29, 1.82) is 0 Å². The number of amides is 1. The molecule has 1 aromatic rings. The molecule has 19 heavy (non-hydrogen) atoms. The van der Waals surface area contributed by atoms with E-state index in [2.05, 4.69) is 5.32 Å². The van der Waals surface area contributed by atoms with Gasteiger partial charge in [-0.2, -0.15) is 0 Å². The van der Waals surface area contributed by atoms with Gasteiger partial charge in [-0.25, -0.2) is 12.8 Å². The SMILES string of the molecule is O=C(NCC1CC1)c1cc(S(=O)(=O)Cl)c(Cl)cc1F. The first-order valence-electron chi connectivity index (χ1n) is 5.51. The second-order valence-corrected chi connectivity index (χ2v) is 7.30. The van der Waals surface area contributed by atoms with Gasteiger partial charge in [-0.15, -0.1) is 0 Å². The molecule has 2 rings (SSSR count). The highest BCUT2D eigenvalue weighted by atomic mass is 35.7. The van der Waals surface area contributed by atoms with Gasteiger partial charge in [0.15, 0.2) is 0 Å². The maximum absolute atomic E-state index is 13.6. The second-order valence-electron chi connectivity index (χ2n) is 4.35. The number of hydrogen-bond acceptors (Lipinski definition) is 3. The maximum atomic E-state index is 13.6. The maximum Gasteiger partial charge on any atom is 0.262 e. The van der Waals surface area contributed by atoms with Crippen molar-refractivity contribution in [2.75, 3.05) is 6.54 Å². The minimum Gasteiger partial charge on any atom is -0.352 e. The van der Waals surface area contributed by atoms with E-state index < -0.39 is 25.7 Å². The van der Waals surface area contributed by atoms with Crippen molar-refractivity contribution < 1.29 is 17.6 Å². The minimum absolute atomic E-state index is 0.355. The molecular weight excluding hydrogens is 316 g/mol. The molecule has 0 aromatic heterocycles. The first kappa shape index (κ1) is 14.6. The summed E-state index contributed by atoms with van der Waals surface area (Å²) in [5.41, 5.74) is -0.385. The number of hydrogen-bond donors (Lipinski definition) is 1. The van der Waals surface area contributed by atoms with Gasteiger partial charge in [-0.3, -0.25) is 4.79 Å². The molecule has 0 atom stereocenters. The monoisotopic (exact) mass is 325 g/mol. The zero-order valence-corrected chi connectivity index (χ0v) is 11.9. The van der Waals surface area contributed by atoms with Gasteiger partial charge in [-0.05, 0) is 30.9 Å². The van der Waals surface area contributed by atoms with Crippen LogP contribution in [-0.2, 0) is 9.05 Å². The van der Waals surface area contributed by atoms with Gasteiger partial charge >= 0.3 is 0 Å². The van der Waals surface area contributed by atoms with Crippen LogP contribution < -0.4 is 5.32 Å². The van der Waals surface area contributed by atoms with Crippen LogP contribution in [0.1, 0.15) is 23.2 Å². The van der Waals surface area contributed by atoms with Crippen LogP contribution in [0, 0.1) is 11.7 Å². The molecule has 0 aliphatic heterocycles. The van der Waals surface area contributed by atoms with E-state index in [-0.39, 0.29) is 10.6 Å². The Morgan fingerprint density at radius 2 is 2.05 bits per heavy atom. The van der Waals surface area contributed by atoms with Gasteiger partial charge in [0.2, 0.25) is 0 Å². The van der Waals surface area contributed by atoms with E-state index in [4.69, 9.17) is 22.3 Å². The van der Waals surface area contributed by atoms with Crippen molar-refractivity contribution in [2.24, 2.45) is 5.92 Å². The number of carbonyl (C=O) groups is 1. The smallest absolute Gasteiger partial charge is 0.262 e. The standard InChI is InChI=1S/C11H10Cl2FNO3S/c12-8-4-9(14)7(3-10(8)19(13,17)18)11(16)15-5-6-1-2-6/h3-4,6H,1-2,5H2,(H,15,16). The van der Waals surface area contributed by atoms with Gasteiger partial charge in [0.25, 0.3) is 15.0 Å². The molecule has 0 saturated heterocycles. The van der Waals surface area contributed by atoms with Crippen LogP contribution in [0.15, 0.2) is 17.0 Å². The van der Waals surface area contributed by atoms with Crippen molar-refractivity contribution in [3.8, 4) is 0 Å². The lowest BCUT2D eigenvalue weighted by molar-refractivity contribution is 0.0947. The molecule has 8 heteroatoms. The van der Waals surface area contributed by atoms with E-state index >= 15 is 0 Å². The zero-order chi connectivity index (χ0) is 14.2. The average molecular weight is 326 g/mol. The number of benzene rings is 1. The van der Waals surface area contributed by atoms with Crippen LogP contribution in [-0.4, -0.2) is 20.9 Å². The van der Waals surface area contributed by atoms with Crippen molar-refractivity contribution in [1.82, 2.24) is 5.32 Å². The third-order valence-corrected chi connectivity index (χ3v) is 4.56. The quantitative estimate of drug-likeness (QED) is 0.865. The lowest BCUT2D eigenvalue weighted by Crippen LogP contribution is -2.26. The Kier molecular flexibility index (Phi) is 4.03. The highest BCUT2D eigenvalue weighted by molar-refractivity contribution is 8.13. The van der Waals surface area contributed by atoms with Crippen LogP contribution in [0.5, 0.6) is 0 Å². The summed E-state index contributed by atoms with van der Waals surface area (Å²) in [4.78, 5) is 11.3. The minimum atomic E-state index is -4.13. The molecule has 104 valence electrons. The molecule has 1 N–H and O–H groups in total. The summed E-state index contributed by atoms with van der Waals surface area (Å²) in [6.45, 7) is 0.448. The lowest BCUT2D eigenvalue weighted by atomic mass is 10.2. The first-order chi connectivity index (χ1) is 8.79. The number of halogens is 3. The van der Waals surface area contributed by atoms with Gasteiger partial charge in [-0.1, -0.05) is 11.6 Å². The van der Waals surface area contributed by atoms with Gasteiger partial charge in [0, 0.05) is 17.2 Å². The summed E-state index contributed by atoms with van der Waals surface area (Å²) in [6, 6.07) is 1.62. The fourth-order valence-electron chi connectivity index (χ4n) is 1.54. The van der Waals surface area contributed by atoms with Crippen LogP contribution >= 0.6 is 22.3 Å². The van der Waals surface area contributed by atoms with Crippen LogP contribution in [0.25, 0.3) is 0 Å². The van der Waals surface area contributed by atoms with Crippen LogP contribution in [0.4, 0.5) is 4.39 Å². The molecule has 1 aromatic carbocycles. The molecule has 1 aliphatic rings. The molecule has 1 aliphatic carbocycles. The third-order valence-electron chi connectivity index (χ3n) is 2.78. The van der Waals surface area contributed by atoms with Gasteiger partial charge < -0.3 is 5.32 Å². The molecule has 1 amide bonds. The van der Waals surface area contributed by atoms with E-state index in [0.29, 0.717) is 12.5 Å². The molecule has 1 saturated carbocycles. The van der Waals surface area contributed by atoms with Crippen LogP contribution in [0.2, 0.25) is 5.02 Å². The Labute approximate surface area is 119 Å².